The number of unbranched alkanes of at least 4 members (excludes halogenated alkanes) is 9. The molecular formula is C26H39LiN2O4. The number of hydrogen-bond acceptors (Lipinski definition) is 5. The van der Waals surface area contributed by atoms with E-state index in [1.54, 1.807) is 19.2 Å². The Kier molecular flexibility index (Phi) is 14.7. The van der Waals surface area contributed by atoms with E-state index in [4.69, 9.17) is 9.47 Å². The Labute approximate surface area is 211 Å². The normalized spacial score (nSPS) is 14.4. The van der Waals surface area contributed by atoms with E-state index in [1.807, 2.05) is 13.0 Å². The molecule has 178 valence electrons. The molecule has 1 heterocycles. The van der Waals surface area contributed by atoms with Gasteiger partial charge in [-0.3, -0.25) is 9.69 Å². The van der Waals surface area contributed by atoms with Gasteiger partial charge in [0.1, 0.15) is 23.0 Å². The van der Waals surface area contributed by atoms with Crippen LogP contribution in [-0.2, 0) is 4.79 Å². The Balaban J connectivity index is 0.00000544. The van der Waals surface area contributed by atoms with E-state index in [9.17, 15) is 9.90 Å². The van der Waals surface area contributed by atoms with Crippen molar-refractivity contribution in [2.75, 3.05) is 18.6 Å². The molecule has 0 spiro atoms. The molecule has 6 nitrogen and oxygen atoms in total. The minimum absolute atomic E-state index is 0. The van der Waals surface area contributed by atoms with Gasteiger partial charge in [-0.1, -0.05) is 71.6 Å². The SMILES string of the molecule is CCCCCCCCCCCCOc1ccc(N2C(=O)/C(=C\[O-])N=C2CCC)c(OC)c1.[Li+]. The summed E-state index contributed by atoms with van der Waals surface area (Å²) in [6.45, 7) is 4.92. The fourth-order valence-electron chi connectivity index (χ4n) is 3.90. The summed E-state index contributed by atoms with van der Waals surface area (Å²) >= 11 is 0. The van der Waals surface area contributed by atoms with Crippen LogP contribution in [0.5, 0.6) is 11.5 Å². The van der Waals surface area contributed by atoms with Crippen molar-refractivity contribution in [3.63, 3.8) is 0 Å². The van der Waals surface area contributed by atoms with Crippen LogP contribution in [0.4, 0.5) is 5.69 Å². The van der Waals surface area contributed by atoms with Crippen LogP contribution in [0.2, 0.25) is 0 Å². The van der Waals surface area contributed by atoms with Crippen molar-refractivity contribution in [2.24, 2.45) is 4.99 Å². The Morgan fingerprint density at radius 3 is 2.18 bits per heavy atom. The maximum atomic E-state index is 12.6. The number of carbonyl (C=O) groups is 1. The van der Waals surface area contributed by atoms with Crippen LogP contribution in [-0.4, -0.2) is 25.5 Å². The van der Waals surface area contributed by atoms with Crippen LogP contribution in [0.3, 0.4) is 0 Å². The van der Waals surface area contributed by atoms with Crippen molar-refractivity contribution in [3.8, 4) is 11.5 Å². The third kappa shape index (κ3) is 9.10. The number of nitrogens with zero attached hydrogens (tertiary/aromatic N) is 2. The van der Waals surface area contributed by atoms with Gasteiger partial charge in [-0.05, 0) is 25.0 Å². The third-order valence-corrected chi connectivity index (χ3v) is 5.67. The van der Waals surface area contributed by atoms with Crippen molar-refractivity contribution in [1.29, 1.82) is 0 Å². The Morgan fingerprint density at radius 2 is 1.61 bits per heavy atom. The fraction of sp³-hybridized carbons (Fsp3) is 0.615. The fourth-order valence-corrected chi connectivity index (χ4v) is 3.90. The maximum Gasteiger partial charge on any atom is 1.00 e. The van der Waals surface area contributed by atoms with Crippen LogP contribution >= 0.6 is 0 Å². The Bertz CT molecular complexity index is 780. The van der Waals surface area contributed by atoms with Gasteiger partial charge in [0.2, 0.25) is 0 Å². The monoisotopic (exact) mass is 450 g/mol. The van der Waals surface area contributed by atoms with Gasteiger partial charge in [-0.2, -0.15) is 0 Å². The van der Waals surface area contributed by atoms with Crippen molar-refractivity contribution in [2.45, 2.75) is 90.9 Å². The second-order valence-electron chi connectivity index (χ2n) is 8.29. The predicted octanol–water partition coefficient (Wildman–Crippen LogP) is 2.75. The molecule has 1 aliphatic rings. The summed E-state index contributed by atoms with van der Waals surface area (Å²) in [5, 5.41) is 11.2. The summed E-state index contributed by atoms with van der Waals surface area (Å²) in [6, 6.07) is 5.43. The number of carbonyl (C=O) groups excluding carboxylic acids is 1. The molecule has 1 aromatic rings. The van der Waals surface area contributed by atoms with Crippen molar-refractivity contribution in [3.05, 3.63) is 30.2 Å². The molecular weight excluding hydrogens is 411 g/mol. The van der Waals surface area contributed by atoms with Gasteiger partial charge in [-0.15, -0.1) is 6.26 Å². The predicted molar refractivity (Wildman–Crippen MR) is 128 cm³/mol. The van der Waals surface area contributed by atoms with Gasteiger partial charge in [0.05, 0.1) is 19.4 Å². The first-order valence-electron chi connectivity index (χ1n) is 12.2. The van der Waals surface area contributed by atoms with Crippen LogP contribution in [0.1, 0.15) is 90.9 Å². The molecule has 0 aliphatic carbocycles. The summed E-state index contributed by atoms with van der Waals surface area (Å²) in [5.74, 6) is 1.38. The van der Waals surface area contributed by atoms with E-state index in [2.05, 4.69) is 11.9 Å². The number of ether oxygens (including phenoxy) is 2. The molecule has 0 radical (unpaired) electrons. The van der Waals surface area contributed by atoms with E-state index in [0.29, 0.717) is 42.3 Å². The minimum Gasteiger partial charge on any atom is -0.876 e. The minimum atomic E-state index is -0.416. The molecule has 33 heavy (non-hydrogen) atoms. The second kappa shape index (κ2) is 16.7. The standard InChI is InChI=1S/C26H40N2O4.Li/c1-4-6-7-8-9-10-11-12-13-14-18-32-21-16-17-23(24(19-21)31-3)28-25(15-5-2)27-22(20-29)26(28)30;/h16-17,19-20,29H,4-15,18H2,1-3H3;/q;+1/p-1/b22-20+;. The van der Waals surface area contributed by atoms with E-state index < -0.39 is 5.91 Å². The van der Waals surface area contributed by atoms with Crippen LogP contribution in [0.15, 0.2) is 35.2 Å². The molecule has 7 heteroatoms. The first kappa shape index (κ1) is 29.1. The van der Waals surface area contributed by atoms with Crippen molar-refractivity contribution >= 4 is 17.4 Å². The smallest absolute Gasteiger partial charge is 0.876 e. The Hall–Kier alpha value is -1.90. The summed E-state index contributed by atoms with van der Waals surface area (Å²) in [6.07, 6.45) is 14.8. The molecule has 1 aromatic carbocycles. The van der Waals surface area contributed by atoms with Crippen molar-refractivity contribution < 1.29 is 38.2 Å². The molecule has 0 saturated heterocycles. The average molecular weight is 451 g/mol. The number of amidine groups is 1. The van der Waals surface area contributed by atoms with Gasteiger partial charge in [0, 0.05) is 12.5 Å². The van der Waals surface area contributed by atoms with Gasteiger partial charge in [-0.25, -0.2) is 4.99 Å². The summed E-state index contributed by atoms with van der Waals surface area (Å²) in [5.41, 5.74) is 0.504. The molecule has 0 N–H and O–H groups in total. The zero-order chi connectivity index (χ0) is 23.2. The van der Waals surface area contributed by atoms with Gasteiger partial charge in [0.15, 0.2) is 0 Å². The topological polar surface area (TPSA) is 74.2 Å². The zero-order valence-corrected chi connectivity index (χ0v) is 21.0. The molecule has 0 bridgehead atoms. The first-order valence-corrected chi connectivity index (χ1v) is 12.2. The number of rotatable bonds is 16. The van der Waals surface area contributed by atoms with E-state index in [0.717, 1.165) is 12.8 Å². The van der Waals surface area contributed by atoms with E-state index >= 15 is 0 Å². The maximum absolute atomic E-state index is 12.6. The number of benzene rings is 1. The number of methoxy groups -OCH3 is 1. The number of anilines is 1. The third-order valence-electron chi connectivity index (χ3n) is 5.67. The number of amides is 1. The Morgan fingerprint density at radius 1 is 0.970 bits per heavy atom. The van der Waals surface area contributed by atoms with Gasteiger partial charge < -0.3 is 14.6 Å². The summed E-state index contributed by atoms with van der Waals surface area (Å²) < 4.78 is 11.4. The van der Waals surface area contributed by atoms with Gasteiger partial charge >= 0.3 is 18.9 Å². The molecule has 1 amide bonds. The molecule has 2 rings (SSSR count). The zero-order valence-electron chi connectivity index (χ0n) is 21.0. The summed E-state index contributed by atoms with van der Waals surface area (Å²) in [4.78, 5) is 18.3. The molecule has 0 aromatic heterocycles. The number of hydrogen-bond donors (Lipinski definition) is 0. The van der Waals surface area contributed by atoms with E-state index in [-0.39, 0.29) is 24.6 Å². The second-order valence-corrected chi connectivity index (χ2v) is 8.29. The van der Waals surface area contributed by atoms with Crippen LogP contribution in [0.25, 0.3) is 0 Å². The molecule has 0 saturated carbocycles. The van der Waals surface area contributed by atoms with Crippen LogP contribution in [0, 0.1) is 0 Å². The summed E-state index contributed by atoms with van der Waals surface area (Å²) in [7, 11) is 1.56. The largest absolute Gasteiger partial charge is 1.00 e. The van der Waals surface area contributed by atoms with E-state index in [1.165, 1.54) is 62.7 Å². The van der Waals surface area contributed by atoms with Crippen LogP contribution < -0.4 is 38.3 Å². The molecule has 0 fully saturated rings. The quantitative estimate of drug-likeness (QED) is 0.168. The average Bonchev–Trinajstić information content (AvgIpc) is 3.12. The van der Waals surface area contributed by atoms with Gasteiger partial charge in [0.25, 0.3) is 5.91 Å². The molecule has 0 atom stereocenters. The number of aliphatic imine (C=N–C) groups is 1. The molecule has 0 unspecified atom stereocenters. The first-order chi connectivity index (χ1) is 15.7. The molecule has 1 aliphatic heterocycles. The van der Waals surface area contributed by atoms with Crippen molar-refractivity contribution in [1.82, 2.24) is 0 Å².